The molecule has 0 atom stereocenters. The van der Waals surface area contributed by atoms with Crippen LogP contribution >= 0.6 is 0 Å². The predicted octanol–water partition coefficient (Wildman–Crippen LogP) is 4.92. The number of rotatable bonds is 7. The van der Waals surface area contributed by atoms with Gasteiger partial charge in [-0.05, 0) is 22.9 Å². The van der Waals surface area contributed by atoms with Crippen LogP contribution in [-0.4, -0.2) is 11.5 Å². The molecule has 25 heavy (non-hydrogen) atoms. The third kappa shape index (κ3) is 3.77. The standard InChI is InChI=1S/C20H18N2O3/c1-2-12-25-20-11-10-15-6-3-4-9-18(15)19(20)14-21-16-7-5-8-17(13-16)22(23)24/h2-11,13,21H,1,12,14H2. The number of nitro groups is 1. The number of benzene rings is 3. The van der Waals surface area contributed by atoms with Crippen LogP contribution in [0, 0.1) is 10.1 Å². The Bertz CT molecular complexity index is 922. The van der Waals surface area contributed by atoms with Crippen LogP contribution in [0.2, 0.25) is 0 Å². The number of ether oxygens (including phenoxy) is 1. The maximum atomic E-state index is 10.9. The molecular formula is C20H18N2O3. The largest absolute Gasteiger partial charge is 0.489 e. The highest BCUT2D eigenvalue weighted by atomic mass is 16.6. The van der Waals surface area contributed by atoms with Crippen LogP contribution in [0.25, 0.3) is 10.8 Å². The molecule has 3 aromatic carbocycles. The van der Waals surface area contributed by atoms with Gasteiger partial charge in [0.25, 0.3) is 5.69 Å². The maximum Gasteiger partial charge on any atom is 0.271 e. The normalized spacial score (nSPS) is 10.4. The van der Waals surface area contributed by atoms with Crippen molar-refractivity contribution in [2.24, 2.45) is 0 Å². The summed E-state index contributed by atoms with van der Waals surface area (Å²) in [5.74, 6) is 0.775. The van der Waals surface area contributed by atoms with Crippen molar-refractivity contribution in [1.29, 1.82) is 0 Å². The summed E-state index contributed by atoms with van der Waals surface area (Å²) in [5, 5.41) is 16.4. The van der Waals surface area contributed by atoms with Crippen LogP contribution in [0.1, 0.15) is 5.56 Å². The van der Waals surface area contributed by atoms with Crippen molar-refractivity contribution in [3.8, 4) is 5.75 Å². The summed E-state index contributed by atoms with van der Waals surface area (Å²) < 4.78 is 5.78. The first-order valence-corrected chi connectivity index (χ1v) is 7.91. The van der Waals surface area contributed by atoms with Crippen molar-refractivity contribution in [3.63, 3.8) is 0 Å². The zero-order valence-corrected chi connectivity index (χ0v) is 13.6. The average molecular weight is 334 g/mol. The van der Waals surface area contributed by atoms with Crippen LogP contribution in [-0.2, 0) is 6.54 Å². The molecule has 1 N–H and O–H groups in total. The highest BCUT2D eigenvalue weighted by Crippen LogP contribution is 2.29. The van der Waals surface area contributed by atoms with Gasteiger partial charge in [0.15, 0.2) is 0 Å². The lowest BCUT2D eigenvalue weighted by molar-refractivity contribution is -0.384. The summed E-state index contributed by atoms with van der Waals surface area (Å²) in [6.45, 7) is 4.60. The fourth-order valence-electron chi connectivity index (χ4n) is 2.70. The Morgan fingerprint density at radius 2 is 1.96 bits per heavy atom. The number of non-ortho nitro benzene ring substituents is 1. The molecule has 0 radical (unpaired) electrons. The molecule has 0 saturated carbocycles. The summed E-state index contributed by atoms with van der Waals surface area (Å²) in [7, 11) is 0. The Hall–Kier alpha value is -3.34. The second kappa shape index (κ2) is 7.49. The molecule has 126 valence electrons. The maximum absolute atomic E-state index is 10.9. The molecule has 3 aromatic rings. The first-order chi connectivity index (χ1) is 12.2. The van der Waals surface area contributed by atoms with Gasteiger partial charge >= 0.3 is 0 Å². The van der Waals surface area contributed by atoms with E-state index in [1.165, 1.54) is 12.1 Å². The van der Waals surface area contributed by atoms with Gasteiger partial charge in [-0.1, -0.05) is 49.1 Å². The monoisotopic (exact) mass is 334 g/mol. The molecule has 3 rings (SSSR count). The van der Waals surface area contributed by atoms with Gasteiger partial charge in [-0.3, -0.25) is 10.1 Å². The number of hydrogen-bond donors (Lipinski definition) is 1. The smallest absolute Gasteiger partial charge is 0.271 e. The van der Waals surface area contributed by atoms with E-state index in [-0.39, 0.29) is 5.69 Å². The summed E-state index contributed by atoms with van der Waals surface area (Å²) in [5.41, 5.74) is 1.76. The number of nitro benzene ring substituents is 1. The summed E-state index contributed by atoms with van der Waals surface area (Å²) in [6, 6.07) is 18.5. The molecule has 0 aliphatic heterocycles. The number of fused-ring (bicyclic) bond motifs is 1. The number of hydrogen-bond acceptors (Lipinski definition) is 4. The molecule has 0 bridgehead atoms. The Labute approximate surface area is 145 Å². The van der Waals surface area contributed by atoms with Crippen molar-refractivity contribution in [2.45, 2.75) is 6.54 Å². The van der Waals surface area contributed by atoms with Crippen LogP contribution in [0.15, 0.2) is 73.3 Å². The second-order valence-corrected chi connectivity index (χ2v) is 5.52. The first kappa shape index (κ1) is 16.5. The molecule has 0 saturated heterocycles. The molecule has 0 unspecified atom stereocenters. The van der Waals surface area contributed by atoms with Gasteiger partial charge in [-0.15, -0.1) is 0 Å². The van der Waals surface area contributed by atoms with Gasteiger partial charge in [0.2, 0.25) is 0 Å². The van der Waals surface area contributed by atoms with Crippen LogP contribution < -0.4 is 10.1 Å². The zero-order chi connectivity index (χ0) is 17.6. The van der Waals surface area contributed by atoms with E-state index in [1.807, 2.05) is 42.5 Å². The molecule has 0 spiro atoms. The highest BCUT2D eigenvalue weighted by molar-refractivity contribution is 5.88. The van der Waals surface area contributed by atoms with Crippen molar-refractivity contribution in [1.82, 2.24) is 0 Å². The van der Waals surface area contributed by atoms with Gasteiger partial charge in [-0.25, -0.2) is 0 Å². The second-order valence-electron chi connectivity index (χ2n) is 5.52. The van der Waals surface area contributed by atoms with Crippen molar-refractivity contribution in [2.75, 3.05) is 11.9 Å². The van der Waals surface area contributed by atoms with Gasteiger partial charge in [-0.2, -0.15) is 0 Å². The molecule has 0 aliphatic carbocycles. The highest BCUT2D eigenvalue weighted by Gasteiger charge is 2.10. The summed E-state index contributed by atoms with van der Waals surface area (Å²) in [6.07, 6.45) is 1.70. The SMILES string of the molecule is C=CCOc1ccc2ccccc2c1CNc1cccc([N+](=O)[O-])c1. The van der Waals surface area contributed by atoms with Crippen molar-refractivity contribution >= 4 is 22.1 Å². The van der Waals surface area contributed by atoms with E-state index in [4.69, 9.17) is 4.74 Å². The van der Waals surface area contributed by atoms with Crippen LogP contribution in [0.3, 0.4) is 0 Å². The molecule has 0 amide bonds. The van der Waals surface area contributed by atoms with E-state index >= 15 is 0 Å². The third-order valence-electron chi connectivity index (χ3n) is 3.88. The molecule has 5 nitrogen and oxygen atoms in total. The molecular weight excluding hydrogens is 316 g/mol. The van der Waals surface area contributed by atoms with E-state index in [1.54, 1.807) is 12.1 Å². The number of nitrogens with zero attached hydrogens (tertiary/aromatic N) is 1. The Morgan fingerprint density at radius 1 is 1.12 bits per heavy atom. The lowest BCUT2D eigenvalue weighted by Gasteiger charge is -2.15. The molecule has 0 fully saturated rings. The Balaban J connectivity index is 1.92. The molecule has 0 heterocycles. The lowest BCUT2D eigenvalue weighted by Crippen LogP contribution is -2.04. The van der Waals surface area contributed by atoms with Gasteiger partial charge in [0, 0.05) is 29.9 Å². The Kier molecular flexibility index (Phi) is 4.95. The fourth-order valence-corrected chi connectivity index (χ4v) is 2.70. The minimum absolute atomic E-state index is 0.0612. The van der Waals surface area contributed by atoms with Gasteiger partial charge < -0.3 is 10.1 Å². The van der Waals surface area contributed by atoms with Gasteiger partial charge in [0.1, 0.15) is 12.4 Å². The fraction of sp³-hybridized carbons (Fsp3) is 0.100. The topological polar surface area (TPSA) is 64.4 Å². The summed E-state index contributed by atoms with van der Waals surface area (Å²) >= 11 is 0. The summed E-state index contributed by atoms with van der Waals surface area (Å²) in [4.78, 5) is 10.5. The van der Waals surface area contributed by atoms with E-state index in [9.17, 15) is 10.1 Å². The van der Waals surface area contributed by atoms with E-state index in [0.717, 1.165) is 22.1 Å². The molecule has 0 aliphatic rings. The molecule has 0 aromatic heterocycles. The zero-order valence-electron chi connectivity index (χ0n) is 13.6. The van der Waals surface area contributed by atoms with E-state index in [2.05, 4.69) is 11.9 Å². The van der Waals surface area contributed by atoms with Crippen molar-refractivity contribution in [3.05, 3.63) is 89.0 Å². The van der Waals surface area contributed by atoms with Crippen LogP contribution in [0.5, 0.6) is 5.75 Å². The average Bonchev–Trinajstić information content (AvgIpc) is 2.65. The van der Waals surface area contributed by atoms with Crippen molar-refractivity contribution < 1.29 is 9.66 Å². The number of anilines is 1. The molecule has 5 heteroatoms. The number of nitrogens with one attached hydrogen (secondary N) is 1. The predicted molar refractivity (Wildman–Crippen MR) is 100 cm³/mol. The minimum atomic E-state index is -0.401. The van der Waals surface area contributed by atoms with E-state index in [0.29, 0.717) is 18.8 Å². The van der Waals surface area contributed by atoms with E-state index < -0.39 is 4.92 Å². The van der Waals surface area contributed by atoms with Gasteiger partial charge in [0.05, 0.1) is 4.92 Å². The third-order valence-corrected chi connectivity index (χ3v) is 3.88. The first-order valence-electron chi connectivity index (χ1n) is 7.91. The quantitative estimate of drug-likeness (QED) is 0.378. The minimum Gasteiger partial charge on any atom is -0.489 e. The lowest BCUT2D eigenvalue weighted by atomic mass is 10.0. The van der Waals surface area contributed by atoms with Crippen LogP contribution in [0.4, 0.5) is 11.4 Å². The Morgan fingerprint density at radius 3 is 2.76 bits per heavy atom.